The number of terminal acetylenes is 1. The molecule has 0 aliphatic carbocycles. The number of carbonyl (C=O) groups is 2. The van der Waals surface area contributed by atoms with E-state index in [9.17, 15) is 14.0 Å². The lowest BCUT2D eigenvalue weighted by molar-refractivity contribution is -0.137. The lowest BCUT2D eigenvalue weighted by atomic mass is 9.95. The highest BCUT2D eigenvalue weighted by atomic mass is 19.1. The van der Waals surface area contributed by atoms with E-state index >= 15 is 8.78 Å². The van der Waals surface area contributed by atoms with Crippen LogP contribution in [0.4, 0.5) is 23.8 Å². The summed E-state index contributed by atoms with van der Waals surface area (Å²) < 4.78 is 58.4. The first-order valence-electron chi connectivity index (χ1n) is 17.5. The van der Waals surface area contributed by atoms with Crippen LogP contribution in [-0.2, 0) is 4.79 Å². The molecular formula is C37H38F3N7O5. The van der Waals surface area contributed by atoms with Crippen molar-refractivity contribution in [1.29, 1.82) is 0 Å². The first kappa shape index (κ1) is 35.2. The number of benzene rings is 2. The number of amides is 1. The Morgan fingerprint density at radius 2 is 2.02 bits per heavy atom. The van der Waals surface area contributed by atoms with E-state index in [0.29, 0.717) is 42.6 Å². The first-order valence-corrected chi connectivity index (χ1v) is 17.5. The van der Waals surface area contributed by atoms with Crippen molar-refractivity contribution in [2.24, 2.45) is 0 Å². The van der Waals surface area contributed by atoms with E-state index < -0.39 is 35.4 Å². The number of rotatable bonds is 10. The van der Waals surface area contributed by atoms with E-state index in [1.54, 1.807) is 0 Å². The molecule has 1 amide bonds. The first-order chi connectivity index (χ1) is 25.2. The van der Waals surface area contributed by atoms with Crippen molar-refractivity contribution in [2.75, 3.05) is 44.3 Å². The zero-order chi connectivity index (χ0) is 36.4. The van der Waals surface area contributed by atoms with E-state index in [1.807, 2.05) is 5.01 Å². The van der Waals surface area contributed by atoms with Crippen molar-refractivity contribution in [3.63, 3.8) is 0 Å². The molecule has 4 aromatic rings. The number of aromatic nitrogens is 3. The van der Waals surface area contributed by atoms with Gasteiger partial charge in [-0.15, -0.1) is 6.42 Å². The van der Waals surface area contributed by atoms with Crippen LogP contribution in [-0.4, -0.2) is 88.1 Å². The van der Waals surface area contributed by atoms with Crippen molar-refractivity contribution in [3.8, 4) is 35.4 Å². The fraction of sp³-hybridized carbons (Fsp3) is 0.432. The number of nitrogens with zero attached hydrogens (tertiary/aromatic N) is 5. The number of carbonyl (C=O) groups excluding carboxylic acids is 1. The molecule has 0 unspecified atom stereocenters. The second-order valence-corrected chi connectivity index (χ2v) is 13.4. The summed E-state index contributed by atoms with van der Waals surface area (Å²) in [7, 11) is 0. The summed E-state index contributed by atoms with van der Waals surface area (Å²) in [4.78, 5) is 39.3. The number of pyridine rings is 1. The minimum atomic E-state index is -1.00. The van der Waals surface area contributed by atoms with Crippen LogP contribution in [0.15, 0.2) is 30.5 Å². The van der Waals surface area contributed by atoms with Crippen LogP contribution in [0, 0.1) is 24.0 Å². The van der Waals surface area contributed by atoms with Crippen molar-refractivity contribution in [2.45, 2.75) is 63.1 Å². The van der Waals surface area contributed by atoms with Gasteiger partial charge >= 0.3 is 18.1 Å². The molecule has 7 rings (SSSR count). The Balaban J connectivity index is 1.32. The minimum absolute atomic E-state index is 0.0154. The number of anilines is 1. The number of fused-ring (bicyclic) bond motifs is 3. The molecule has 3 saturated heterocycles. The summed E-state index contributed by atoms with van der Waals surface area (Å²) in [5.41, 5.74) is 2.43. The molecule has 272 valence electrons. The van der Waals surface area contributed by atoms with Gasteiger partial charge in [-0.25, -0.2) is 23.4 Å². The number of carboxylic acids is 1. The average molecular weight is 718 g/mol. The number of carboxylic acid groups (broad SMARTS) is 1. The maximum absolute atomic E-state index is 17.1. The number of aliphatic carboxylic acids is 1. The Hall–Kier alpha value is -5.20. The zero-order valence-electron chi connectivity index (χ0n) is 28.4. The third-order valence-electron chi connectivity index (χ3n) is 9.98. The molecule has 3 aliphatic heterocycles. The van der Waals surface area contributed by atoms with Crippen molar-refractivity contribution in [1.82, 2.24) is 30.6 Å². The van der Waals surface area contributed by atoms with E-state index in [0.717, 1.165) is 38.6 Å². The highest BCUT2D eigenvalue weighted by Gasteiger charge is 2.49. The summed E-state index contributed by atoms with van der Waals surface area (Å²) in [6.07, 6.45) is 10.2. The predicted molar refractivity (Wildman–Crippen MR) is 187 cm³/mol. The van der Waals surface area contributed by atoms with Gasteiger partial charge in [0.2, 0.25) is 0 Å². The van der Waals surface area contributed by atoms with Gasteiger partial charge in [0.1, 0.15) is 35.6 Å². The fourth-order valence-electron chi connectivity index (χ4n) is 7.55. The second-order valence-electron chi connectivity index (χ2n) is 13.4. The van der Waals surface area contributed by atoms with Crippen LogP contribution in [0.1, 0.15) is 56.9 Å². The summed E-state index contributed by atoms with van der Waals surface area (Å²) >= 11 is 0. The van der Waals surface area contributed by atoms with Crippen LogP contribution in [0.2, 0.25) is 0 Å². The normalized spacial score (nSPS) is 20.4. The van der Waals surface area contributed by atoms with Crippen molar-refractivity contribution < 1.29 is 37.3 Å². The van der Waals surface area contributed by atoms with Crippen LogP contribution in [0.5, 0.6) is 11.8 Å². The van der Waals surface area contributed by atoms with E-state index in [1.165, 1.54) is 30.5 Å². The minimum Gasteiger partial charge on any atom is -0.481 e. The molecule has 3 fully saturated rings. The number of ether oxygens (including phenoxy) is 2. The molecule has 12 nitrogen and oxygen atoms in total. The maximum atomic E-state index is 17.1. The van der Waals surface area contributed by atoms with E-state index in [2.05, 4.69) is 31.5 Å². The van der Waals surface area contributed by atoms with Gasteiger partial charge in [-0.1, -0.05) is 18.4 Å². The highest BCUT2D eigenvalue weighted by molar-refractivity contribution is 6.03. The number of hydrogen-bond donors (Lipinski definition) is 3. The molecule has 52 heavy (non-hydrogen) atoms. The molecule has 0 saturated carbocycles. The van der Waals surface area contributed by atoms with Gasteiger partial charge in [-0.2, -0.15) is 9.97 Å². The molecule has 3 aliphatic rings. The second kappa shape index (κ2) is 14.8. The predicted octanol–water partition coefficient (Wildman–Crippen LogP) is 5.51. The van der Waals surface area contributed by atoms with Gasteiger partial charge in [-0.3, -0.25) is 19.7 Å². The molecule has 2 atom stereocenters. The molecule has 15 heteroatoms. The Kier molecular flexibility index (Phi) is 10.0. The molecule has 0 bridgehead atoms. The Morgan fingerprint density at radius 3 is 2.85 bits per heavy atom. The highest BCUT2D eigenvalue weighted by Crippen LogP contribution is 2.42. The summed E-state index contributed by atoms with van der Waals surface area (Å²) in [5, 5.41) is 14.0. The molecule has 2 aromatic carbocycles. The lowest BCUT2D eigenvalue weighted by Crippen LogP contribution is -2.43. The summed E-state index contributed by atoms with van der Waals surface area (Å²) in [6.45, 7) is 2.57. The van der Waals surface area contributed by atoms with Crippen molar-refractivity contribution in [3.05, 3.63) is 47.7 Å². The van der Waals surface area contributed by atoms with E-state index in [4.69, 9.17) is 26.0 Å². The van der Waals surface area contributed by atoms with Gasteiger partial charge in [0.05, 0.1) is 16.5 Å². The van der Waals surface area contributed by atoms with Gasteiger partial charge in [0, 0.05) is 56.2 Å². The SMILES string of the molecule is C#Cc1c(F)ccc2cc(OC(=O)NCCCC(=O)O)cc(-c3ncc4c(N5CCCCCN5)nc(OC[C@@]56CCCN5C[C@H](F)C6)nc4c3F)c12. The molecule has 2 aromatic heterocycles. The lowest BCUT2D eigenvalue weighted by Gasteiger charge is -2.31. The number of halogens is 3. The smallest absolute Gasteiger partial charge is 0.412 e. The Bertz CT molecular complexity index is 2070. The molecule has 5 heterocycles. The topological polar surface area (TPSA) is 142 Å². The molecule has 0 radical (unpaired) electrons. The summed E-state index contributed by atoms with van der Waals surface area (Å²) in [6, 6.07) is 5.32. The quantitative estimate of drug-likeness (QED) is 0.141. The van der Waals surface area contributed by atoms with Crippen LogP contribution < -0.4 is 25.2 Å². The van der Waals surface area contributed by atoms with Crippen molar-refractivity contribution >= 4 is 39.6 Å². The van der Waals surface area contributed by atoms with E-state index in [-0.39, 0.29) is 65.5 Å². The van der Waals surface area contributed by atoms with Gasteiger partial charge in [-0.05, 0) is 62.2 Å². The number of hydrazine groups is 1. The maximum Gasteiger partial charge on any atom is 0.412 e. The number of nitrogens with one attached hydrogen (secondary N) is 2. The molecule has 3 N–H and O–H groups in total. The third-order valence-corrected chi connectivity index (χ3v) is 9.98. The zero-order valence-corrected chi connectivity index (χ0v) is 28.4. The van der Waals surface area contributed by atoms with Crippen LogP contribution >= 0.6 is 0 Å². The molecular weight excluding hydrogens is 679 g/mol. The molecule has 0 spiro atoms. The van der Waals surface area contributed by atoms with Crippen LogP contribution in [0.3, 0.4) is 0 Å². The van der Waals surface area contributed by atoms with Gasteiger partial charge < -0.3 is 19.9 Å². The number of hydrogen-bond acceptors (Lipinski definition) is 10. The standard InChI is InChI=1S/C37H38F3N7O5/c1-2-25-28(39)10-9-22-16-24(52-36(50)41-12-6-8-29(48)49)17-26(30(22)25)32-31(40)33-27(19-42-32)34(47-15-5-3-4-13-43-47)45-35(44-33)51-21-37-11-7-14-46(37)20-23(38)18-37/h1,9-10,16-17,19,23,43H,3-8,11-15,18,20-21H2,(H,41,50)(H,48,49)/t23-,37+/m1/s1. The Labute approximate surface area is 297 Å². The third kappa shape index (κ3) is 7.00. The van der Waals surface area contributed by atoms with Gasteiger partial charge in [0.25, 0.3) is 0 Å². The fourth-order valence-corrected chi connectivity index (χ4v) is 7.55. The van der Waals surface area contributed by atoms with Gasteiger partial charge in [0.15, 0.2) is 11.6 Å². The Morgan fingerprint density at radius 1 is 1.15 bits per heavy atom. The average Bonchev–Trinajstić information content (AvgIpc) is 3.50. The number of alkyl halides is 1. The monoisotopic (exact) mass is 717 g/mol. The summed E-state index contributed by atoms with van der Waals surface area (Å²) in [5.74, 6) is 0.130. The largest absolute Gasteiger partial charge is 0.481 e. The van der Waals surface area contributed by atoms with Crippen LogP contribution in [0.25, 0.3) is 32.9 Å².